The molecule has 1 aromatic rings. The van der Waals surface area contributed by atoms with Crippen molar-refractivity contribution in [2.24, 2.45) is 0 Å². The Kier molecular flexibility index (Phi) is 7.02. The molecule has 0 spiro atoms. The fraction of sp³-hybridized carbons (Fsp3) is 0.571. The Morgan fingerprint density at radius 3 is 2.10 bits per heavy atom. The molecule has 0 heterocycles. The molecule has 0 N–H and O–H groups in total. The molecular formula is C14H24O5SSi. The lowest BCUT2D eigenvalue weighted by Crippen LogP contribution is -2.27. The summed E-state index contributed by atoms with van der Waals surface area (Å²) in [4.78, 5) is 0.162. The van der Waals surface area contributed by atoms with Gasteiger partial charge in [0.05, 0.1) is 31.3 Å². The Morgan fingerprint density at radius 1 is 0.952 bits per heavy atom. The normalized spacial score (nSPS) is 12.6. The summed E-state index contributed by atoms with van der Waals surface area (Å²) in [6.45, 7) is 9.40. The highest BCUT2D eigenvalue weighted by Crippen LogP contribution is 2.12. The van der Waals surface area contributed by atoms with E-state index < -0.39 is 18.4 Å². The van der Waals surface area contributed by atoms with Crippen LogP contribution in [0.4, 0.5) is 0 Å². The molecule has 0 aliphatic heterocycles. The minimum Gasteiger partial charge on any atom is -0.415 e. The van der Waals surface area contributed by atoms with Crippen molar-refractivity contribution in [1.29, 1.82) is 0 Å². The first kappa shape index (κ1) is 18.3. The van der Waals surface area contributed by atoms with Crippen LogP contribution in [0.2, 0.25) is 19.6 Å². The van der Waals surface area contributed by atoms with Crippen molar-refractivity contribution in [3.8, 4) is 0 Å². The maximum absolute atomic E-state index is 11.9. The van der Waals surface area contributed by atoms with Crippen LogP contribution in [0.3, 0.4) is 0 Å². The van der Waals surface area contributed by atoms with Gasteiger partial charge in [0.1, 0.15) is 0 Å². The van der Waals surface area contributed by atoms with Crippen LogP contribution in [0.1, 0.15) is 5.56 Å². The summed E-state index contributed by atoms with van der Waals surface area (Å²) in [6.07, 6.45) is 0. The van der Waals surface area contributed by atoms with Crippen LogP contribution >= 0.6 is 0 Å². The molecule has 0 aliphatic rings. The second kappa shape index (κ2) is 8.05. The molecule has 0 aromatic heterocycles. The Morgan fingerprint density at radius 2 is 1.52 bits per heavy atom. The SMILES string of the molecule is Cc1ccc(S(=O)(=O)OCCOCCO[Si](C)(C)C)cc1. The lowest BCUT2D eigenvalue weighted by atomic mass is 10.2. The molecule has 0 atom stereocenters. The second-order valence-corrected chi connectivity index (χ2v) is 11.8. The molecule has 0 radical (unpaired) electrons. The van der Waals surface area contributed by atoms with Crippen molar-refractivity contribution in [2.45, 2.75) is 31.5 Å². The van der Waals surface area contributed by atoms with E-state index in [4.69, 9.17) is 13.3 Å². The van der Waals surface area contributed by atoms with Gasteiger partial charge < -0.3 is 9.16 Å². The van der Waals surface area contributed by atoms with E-state index in [0.717, 1.165) is 5.56 Å². The van der Waals surface area contributed by atoms with Gasteiger partial charge in [0, 0.05) is 0 Å². The summed E-state index contributed by atoms with van der Waals surface area (Å²) in [7, 11) is -5.21. The van der Waals surface area contributed by atoms with Crippen molar-refractivity contribution in [3.63, 3.8) is 0 Å². The highest BCUT2D eigenvalue weighted by atomic mass is 32.2. The van der Waals surface area contributed by atoms with Crippen molar-refractivity contribution in [1.82, 2.24) is 0 Å². The van der Waals surface area contributed by atoms with Crippen molar-refractivity contribution < 1.29 is 21.8 Å². The maximum Gasteiger partial charge on any atom is 0.297 e. The first-order chi connectivity index (χ1) is 9.71. The molecule has 0 bridgehead atoms. The first-order valence-electron chi connectivity index (χ1n) is 6.88. The van der Waals surface area contributed by atoms with E-state index in [-0.39, 0.29) is 18.1 Å². The van der Waals surface area contributed by atoms with Gasteiger partial charge in [-0.05, 0) is 38.7 Å². The van der Waals surface area contributed by atoms with Gasteiger partial charge in [-0.2, -0.15) is 8.42 Å². The molecule has 7 heteroatoms. The second-order valence-electron chi connectivity index (χ2n) is 5.66. The summed E-state index contributed by atoms with van der Waals surface area (Å²) < 4.78 is 39.6. The quantitative estimate of drug-likeness (QED) is 0.395. The highest BCUT2D eigenvalue weighted by molar-refractivity contribution is 7.86. The summed E-state index contributed by atoms with van der Waals surface area (Å²) in [5.74, 6) is 0. The van der Waals surface area contributed by atoms with Gasteiger partial charge in [0.15, 0.2) is 8.32 Å². The highest BCUT2D eigenvalue weighted by Gasteiger charge is 2.15. The van der Waals surface area contributed by atoms with Crippen molar-refractivity contribution in [2.75, 3.05) is 26.4 Å². The largest absolute Gasteiger partial charge is 0.415 e. The number of hydrogen-bond acceptors (Lipinski definition) is 5. The zero-order chi connectivity index (χ0) is 15.9. The first-order valence-corrected chi connectivity index (χ1v) is 11.7. The predicted molar refractivity (Wildman–Crippen MR) is 84.4 cm³/mol. The number of hydrogen-bond donors (Lipinski definition) is 0. The van der Waals surface area contributed by atoms with Gasteiger partial charge in [-0.25, -0.2) is 0 Å². The molecular weight excluding hydrogens is 308 g/mol. The van der Waals surface area contributed by atoms with Crippen molar-refractivity contribution >= 4 is 18.4 Å². The Labute approximate surface area is 128 Å². The molecule has 1 rings (SSSR count). The van der Waals surface area contributed by atoms with Gasteiger partial charge in [-0.3, -0.25) is 4.18 Å². The molecule has 0 amide bonds. The summed E-state index contributed by atoms with van der Waals surface area (Å²) in [5, 5.41) is 0. The Balaban J connectivity index is 2.24. The van der Waals surface area contributed by atoms with E-state index in [1.165, 1.54) is 12.1 Å². The summed E-state index contributed by atoms with van der Waals surface area (Å²) in [5.41, 5.74) is 1.000. The molecule has 0 aliphatic carbocycles. The van der Waals surface area contributed by atoms with E-state index in [1.807, 2.05) is 6.92 Å². The van der Waals surface area contributed by atoms with Crippen LogP contribution in [0, 0.1) is 6.92 Å². The van der Waals surface area contributed by atoms with Gasteiger partial charge in [0.2, 0.25) is 0 Å². The number of aryl methyl sites for hydroxylation is 1. The number of ether oxygens (including phenoxy) is 1. The lowest BCUT2D eigenvalue weighted by molar-refractivity contribution is 0.0762. The van der Waals surface area contributed by atoms with Gasteiger partial charge in [-0.1, -0.05) is 17.7 Å². The Bertz CT molecular complexity index is 519. The van der Waals surface area contributed by atoms with Crippen LogP contribution in [-0.4, -0.2) is 43.2 Å². The van der Waals surface area contributed by atoms with E-state index in [0.29, 0.717) is 13.2 Å². The summed E-state index contributed by atoms with van der Waals surface area (Å²) >= 11 is 0. The fourth-order valence-corrected chi connectivity index (χ4v) is 3.07. The molecule has 21 heavy (non-hydrogen) atoms. The minimum absolute atomic E-state index is 0.00313. The third-order valence-corrected chi connectivity index (χ3v) is 4.94. The third kappa shape index (κ3) is 7.73. The lowest BCUT2D eigenvalue weighted by Gasteiger charge is -2.16. The van der Waals surface area contributed by atoms with Crippen LogP contribution in [0.15, 0.2) is 29.2 Å². The number of benzene rings is 1. The van der Waals surface area contributed by atoms with E-state index in [1.54, 1.807) is 12.1 Å². The standard InChI is InChI=1S/C14H24O5SSi/c1-13-5-7-14(8-6-13)20(15,16)18-11-9-17-10-12-19-21(2,3)4/h5-8H,9-12H2,1-4H3. The molecule has 0 fully saturated rings. The van der Waals surface area contributed by atoms with Crippen LogP contribution in [-0.2, 0) is 23.5 Å². The van der Waals surface area contributed by atoms with E-state index in [2.05, 4.69) is 19.6 Å². The van der Waals surface area contributed by atoms with E-state index in [9.17, 15) is 8.42 Å². The molecule has 0 saturated heterocycles. The average Bonchev–Trinajstić information content (AvgIpc) is 2.36. The van der Waals surface area contributed by atoms with Gasteiger partial charge in [-0.15, -0.1) is 0 Å². The predicted octanol–water partition coefficient (Wildman–Crippen LogP) is 2.57. The summed E-state index contributed by atoms with van der Waals surface area (Å²) in [6, 6.07) is 6.54. The topological polar surface area (TPSA) is 61.8 Å². The Hall–Kier alpha value is -0.733. The minimum atomic E-state index is -3.70. The van der Waals surface area contributed by atoms with Gasteiger partial charge >= 0.3 is 0 Å². The average molecular weight is 332 g/mol. The van der Waals surface area contributed by atoms with Crippen LogP contribution in [0.25, 0.3) is 0 Å². The third-order valence-electron chi connectivity index (χ3n) is 2.54. The molecule has 1 aromatic carbocycles. The smallest absolute Gasteiger partial charge is 0.297 e. The monoisotopic (exact) mass is 332 g/mol. The zero-order valence-corrected chi connectivity index (χ0v) is 14.9. The molecule has 0 unspecified atom stereocenters. The zero-order valence-electron chi connectivity index (χ0n) is 13.1. The van der Waals surface area contributed by atoms with Gasteiger partial charge in [0.25, 0.3) is 10.1 Å². The van der Waals surface area contributed by atoms with Crippen LogP contribution in [0.5, 0.6) is 0 Å². The molecule has 0 saturated carbocycles. The number of rotatable bonds is 9. The van der Waals surface area contributed by atoms with E-state index >= 15 is 0 Å². The fourth-order valence-electron chi connectivity index (χ4n) is 1.48. The molecule has 5 nitrogen and oxygen atoms in total. The maximum atomic E-state index is 11.9. The molecule has 120 valence electrons. The van der Waals surface area contributed by atoms with Crippen molar-refractivity contribution in [3.05, 3.63) is 29.8 Å². The van der Waals surface area contributed by atoms with Crippen LogP contribution < -0.4 is 0 Å².